The minimum atomic E-state index is 0.228. The van der Waals surface area contributed by atoms with Crippen LogP contribution in [0.15, 0.2) is 42.5 Å². The highest BCUT2D eigenvalue weighted by Gasteiger charge is 2.12. The van der Waals surface area contributed by atoms with Crippen LogP contribution in [0.25, 0.3) is 0 Å². The predicted molar refractivity (Wildman–Crippen MR) is 75.7 cm³/mol. The van der Waals surface area contributed by atoms with Gasteiger partial charge in [0.1, 0.15) is 18.1 Å². The van der Waals surface area contributed by atoms with Gasteiger partial charge in [0.15, 0.2) is 0 Å². The largest absolute Gasteiger partial charge is 0.508 e. The molecule has 0 aromatic heterocycles. The number of para-hydroxylation sites is 1. The number of nitrogens with one attached hydrogen (secondary N) is 1. The summed E-state index contributed by atoms with van der Waals surface area (Å²) in [5.41, 5.74) is 3.75. The number of aromatic hydroxyl groups is 1. The number of phenolic OH excluding ortho intramolecular Hbond substituents is 1. The zero-order valence-corrected chi connectivity index (χ0v) is 10.7. The van der Waals surface area contributed by atoms with E-state index in [1.807, 2.05) is 6.07 Å². The Balaban J connectivity index is 1.77. The maximum absolute atomic E-state index is 9.41. The van der Waals surface area contributed by atoms with E-state index in [1.165, 1.54) is 23.2 Å². The molecule has 0 radical (unpaired) electrons. The first kappa shape index (κ1) is 11.9. The molecule has 0 amide bonds. The van der Waals surface area contributed by atoms with Crippen LogP contribution in [0.5, 0.6) is 11.5 Å². The zero-order valence-electron chi connectivity index (χ0n) is 10.7. The van der Waals surface area contributed by atoms with E-state index in [2.05, 4.69) is 23.5 Å². The topological polar surface area (TPSA) is 41.5 Å². The molecular formula is C16H17NO2. The average Bonchev–Trinajstić information content (AvgIpc) is 2.45. The number of benzene rings is 2. The molecule has 1 heterocycles. The van der Waals surface area contributed by atoms with Gasteiger partial charge in [-0.3, -0.25) is 0 Å². The second kappa shape index (κ2) is 5.22. The van der Waals surface area contributed by atoms with Gasteiger partial charge in [-0.1, -0.05) is 24.3 Å². The number of fused-ring (bicyclic) bond motifs is 1. The lowest BCUT2D eigenvalue weighted by Crippen LogP contribution is -2.14. The van der Waals surface area contributed by atoms with Gasteiger partial charge in [-0.05, 0) is 30.5 Å². The molecule has 19 heavy (non-hydrogen) atoms. The summed E-state index contributed by atoms with van der Waals surface area (Å²) in [5.74, 6) is 0.916. The summed E-state index contributed by atoms with van der Waals surface area (Å²) in [6.45, 7) is 1.54. The van der Waals surface area contributed by atoms with E-state index in [0.29, 0.717) is 12.4 Å². The molecule has 0 unspecified atom stereocenters. The fourth-order valence-corrected chi connectivity index (χ4v) is 2.44. The monoisotopic (exact) mass is 255 g/mol. The molecule has 2 aromatic carbocycles. The number of phenols is 1. The summed E-state index contributed by atoms with van der Waals surface area (Å²) in [6, 6.07) is 13.2. The third-order valence-electron chi connectivity index (χ3n) is 3.37. The van der Waals surface area contributed by atoms with Gasteiger partial charge in [0.25, 0.3) is 0 Å². The highest BCUT2D eigenvalue weighted by molar-refractivity contribution is 5.59. The van der Waals surface area contributed by atoms with Crippen LogP contribution in [0.1, 0.15) is 17.5 Å². The van der Waals surface area contributed by atoms with Crippen molar-refractivity contribution in [3.8, 4) is 11.5 Å². The second-order valence-electron chi connectivity index (χ2n) is 4.77. The molecule has 0 spiro atoms. The molecule has 0 fully saturated rings. The number of anilines is 1. The summed E-state index contributed by atoms with van der Waals surface area (Å²) in [4.78, 5) is 0. The molecule has 2 aromatic rings. The highest BCUT2D eigenvalue weighted by Crippen LogP contribution is 2.27. The van der Waals surface area contributed by atoms with Crippen LogP contribution in [0.2, 0.25) is 0 Å². The third-order valence-corrected chi connectivity index (χ3v) is 3.37. The number of hydrogen-bond acceptors (Lipinski definition) is 3. The van der Waals surface area contributed by atoms with Gasteiger partial charge in [0.05, 0.1) is 0 Å². The molecule has 0 saturated carbocycles. The lowest BCUT2D eigenvalue weighted by molar-refractivity contribution is 0.305. The SMILES string of the molecule is Oc1cccc(OCc2cccc3c2NCCC3)c1. The number of ether oxygens (including phenoxy) is 1. The van der Waals surface area contributed by atoms with Crippen LogP contribution in [-0.2, 0) is 13.0 Å². The van der Waals surface area contributed by atoms with E-state index < -0.39 is 0 Å². The van der Waals surface area contributed by atoms with Crippen molar-refractivity contribution in [1.29, 1.82) is 0 Å². The Morgan fingerprint density at radius 2 is 2.05 bits per heavy atom. The number of rotatable bonds is 3. The van der Waals surface area contributed by atoms with Crippen molar-refractivity contribution in [1.82, 2.24) is 0 Å². The molecule has 0 bridgehead atoms. The maximum Gasteiger partial charge on any atom is 0.123 e. The zero-order chi connectivity index (χ0) is 13.1. The van der Waals surface area contributed by atoms with Crippen LogP contribution in [0.3, 0.4) is 0 Å². The molecule has 3 rings (SSSR count). The predicted octanol–water partition coefficient (Wildman–Crippen LogP) is 3.33. The molecule has 0 saturated heterocycles. The van der Waals surface area contributed by atoms with Crippen LogP contribution in [-0.4, -0.2) is 11.7 Å². The molecule has 98 valence electrons. The molecule has 2 N–H and O–H groups in total. The highest BCUT2D eigenvalue weighted by atomic mass is 16.5. The number of aryl methyl sites for hydroxylation is 1. The van der Waals surface area contributed by atoms with E-state index in [9.17, 15) is 5.11 Å². The molecule has 3 nitrogen and oxygen atoms in total. The Kier molecular flexibility index (Phi) is 3.27. The minimum absolute atomic E-state index is 0.228. The Morgan fingerprint density at radius 3 is 2.95 bits per heavy atom. The van der Waals surface area contributed by atoms with Gasteiger partial charge < -0.3 is 15.2 Å². The van der Waals surface area contributed by atoms with Crippen molar-refractivity contribution in [2.45, 2.75) is 19.4 Å². The van der Waals surface area contributed by atoms with Gasteiger partial charge in [-0.25, -0.2) is 0 Å². The van der Waals surface area contributed by atoms with Crippen molar-refractivity contribution in [3.05, 3.63) is 53.6 Å². The molecule has 1 aliphatic heterocycles. The molecular weight excluding hydrogens is 238 g/mol. The van der Waals surface area contributed by atoms with Crippen LogP contribution >= 0.6 is 0 Å². The first-order chi connectivity index (χ1) is 9.33. The van der Waals surface area contributed by atoms with Crippen LogP contribution < -0.4 is 10.1 Å². The van der Waals surface area contributed by atoms with Gasteiger partial charge in [0, 0.05) is 23.9 Å². The summed E-state index contributed by atoms with van der Waals surface area (Å²) in [7, 11) is 0. The maximum atomic E-state index is 9.41. The number of hydrogen-bond donors (Lipinski definition) is 2. The summed E-state index contributed by atoms with van der Waals surface area (Å²) >= 11 is 0. The van der Waals surface area contributed by atoms with Crippen LogP contribution in [0, 0.1) is 0 Å². The fourth-order valence-electron chi connectivity index (χ4n) is 2.44. The molecule has 3 heteroatoms. The van der Waals surface area contributed by atoms with Crippen molar-refractivity contribution in [3.63, 3.8) is 0 Å². The minimum Gasteiger partial charge on any atom is -0.508 e. The molecule has 0 atom stereocenters. The van der Waals surface area contributed by atoms with E-state index in [1.54, 1.807) is 18.2 Å². The second-order valence-corrected chi connectivity index (χ2v) is 4.77. The fraction of sp³-hybridized carbons (Fsp3) is 0.250. The lowest BCUT2D eigenvalue weighted by atomic mass is 10.00. The Labute approximate surface area is 112 Å². The van der Waals surface area contributed by atoms with Gasteiger partial charge in [-0.15, -0.1) is 0 Å². The Bertz CT molecular complexity index is 581. The molecule has 0 aliphatic carbocycles. The normalized spacial score (nSPS) is 13.5. The first-order valence-corrected chi connectivity index (χ1v) is 6.59. The van der Waals surface area contributed by atoms with E-state index in [0.717, 1.165) is 13.0 Å². The summed E-state index contributed by atoms with van der Waals surface area (Å²) < 4.78 is 5.74. The van der Waals surface area contributed by atoms with E-state index in [-0.39, 0.29) is 5.75 Å². The molecule has 1 aliphatic rings. The summed E-state index contributed by atoms with van der Waals surface area (Å²) in [5, 5.41) is 12.9. The Hall–Kier alpha value is -2.16. The average molecular weight is 255 g/mol. The van der Waals surface area contributed by atoms with Crippen molar-refractivity contribution >= 4 is 5.69 Å². The summed E-state index contributed by atoms with van der Waals surface area (Å²) in [6.07, 6.45) is 2.31. The van der Waals surface area contributed by atoms with Crippen LogP contribution in [0.4, 0.5) is 5.69 Å². The van der Waals surface area contributed by atoms with Crippen molar-refractivity contribution < 1.29 is 9.84 Å². The standard InChI is InChI=1S/C16H17NO2/c18-14-7-2-8-15(10-14)19-11-13-5-1-4-12-6-3-9-17-16(12)13/h1-2,4-5,7-8,10,17-18H,3,6,9,11H2. The van der Waals surface area contributed by atoms with Gasteiger partial charge in [-0.2, -0.15) is 0 Å². The van der Waals surface area contributed by atoms with Gasteiger partial charge >= 0.3 is 0 Å². The Morgan fingerprint density at radius 1 is 1.16 bits per heavy atom. The smallest absolute Gasteiger partial charge is 0.123 e. The van der Waals surface area contributed by atoms with Crippen molar-refractivity contribution in [2.75, 3.05) is 11.9 Å². The third kappa shape index (κ3) is 2.65. The lowest BCUT2D eigenvalue weighted by Gasteiger charge is -2.21. The van der Waals surface area contributed by atoms with Crippen molar-refractivity contribution in [2.24, 2.45) is 0 Å². The quantitative estimate of drug-likeness (QED) is 0.884. The van der Waals surface area contributed by atoms with E-state index in [4.69, 9.17) is 4.74 Å². The first-order valence-electron chi connectivity index (χ1n) is 6.59. The van der Waals surface area contributed by atoms with E-state index >= 15 is 0 Å². The van der Waals surface area contributed by atoms with Gasteiger partial charge in [0.2, 0.25) is 0 Å².